The van der Waals surface area contributed by atoms with E-state index in [-0.39, 0.29) is 17.9 Å². The van der Waals surface area contributed by atoms with Crippen LogP contribution < -0.4 is 0 Å². The van der Waals surface area contributed by atoms with E-state index in [0.717, 1.165) is 0 Å². The Morgan fingerprint density at radius 1 is 1.19 bits per heavy atom. The van der Waals surface area contributed by atoms with E-state index in [9.17, 15) is 25.2 Å². The highest BCUT2D eigenvalue weighted by Crippen LogP contribution is 2.49. The monoisotopic (exact) mass is 432 g/mol. The number of methoxy groups -OCH3 is 1. The second-order valence-electron chi connectivity index (χ2n) is 7.59. The maximum Gasteiger partial charge on any atom is 0.338 e. The van der Waals surface area contributed by atoms with Crippen LogP contribution in [0.1, 0.15) is 33.9 Å². The molecule has 0 aromatic heterocycles. The SMILES string of the molecule is COC(=O)c1ccccc1C1OC[C@@]2(O)C(c3ccc(O)cc3)O[C@H](C(O)CO)[C@@H]2O1. The van der Waals surface area contributed by atoms with E-state index in [4.69, 9.17) is 18.9 Å². The van der Waals surface area contributed by atoms with Gasteiger partial charge in [0.1, 0.15) is 35.8 Å². The average Bonchev–Trinajstić information content (AvgIpc) is 3.11. The Bertz CT molecular complexity index is 931. The zero-order valence-electron chi connectivity index (χ0n) is 16.7. The second kappa shape index (κ2) is 8.54. The van der Waals surface area contributed by atoms with Crippen molar-refractivity contribution in [3.05, 3.63) is 65.2 Å². The maximum atomic E-state index is 12.2. The van der Waals surface area contributed by atoms with Crippen LogP contribution in [0.25, 0.3) is 0 Å². The van der Waals surface area contributed by atoms with E-state index < -0.39 is 48.9 Å². The summed E-state index contributed by atoms with van der Waals surface area (Å²) in [4.78, 5) is 12.2. The summed E-state index contributed by atoms with van der Waals surface area (Å²) in [5.74, 6) is -0.520. The van der Waals surface area contributed by atoms with Crippen LogP contribution in [0.4, 0.5) is 0 Å². The Hall–Kier alpha value is -2.53. The molecule has 2 heterocycles. The molecule has 2 aromatic carbocycles. The predicted molar refractivity (Wildman–Crippen MR) is 105 cm³/mol. The first kappa shape index (κ1) is 21.7. The van der Waals surface area contributed by atoms with Crippen LogP contribution in [0.3, 0.4) is 0 Å². The molecule has 3 unspecified atom stereocenters. The molecule has 0 aliphatic carbocycles. The van der Waals surface area contributed by atoms with Crippen LogP contribution in [0.5, 0.6) is 5.75 Å². The van der Waals surface area contributed by atoms with Gasteiger partial charge in [-0.2, -0.15) is 0 Å². The van der Waals surface area contributed by atoms with Crippen molar-refractivity contribution in [3.63, 3.8) is 0 Å². The Morgan fingerprint density at radius 2 is 1.90 bits per heavy atom. The average molecular weight is 432 g/mol. The number of aliphatic hydroxyl groups excluding tert-OH is 2. The molecule has 2 aliphatic rings. The smallest absolute Gasteiger partial charge is 0.338 e. The van der Waals surface area contributed by atoms with Crippen molar-refractivity contribution in [1.29, 1.82) is 0 Å². The van der Waals surface area contributed by atoms with Crippen molar-refractivity contribution in [2.24, 2.45) is 0 Å². The third-order valence-electron chi connectivity index (χ3n) is 5.66. The molecule has 166 valence electrons. The van der Waals surface area contributed by atoms with E-state index >= 15 is 0 Å². The summed E-state index contributed by atoms with van der Waals surface area (Å²) >= 11 is 0. The summed E-state index contributed by atoms with van der Waals surface area (Å²) in [5.41, 5.74) is -0.497. The maximum absolute atomic E-state index is 12.2. The van der Waals surface area contributed by atoms with Gasteiger partial charge in [0.15, 0.2) is 6.29 Å². The fraction of sp³-hybridized carbons (Fsp3) is 0.409. The molecule has 31 heavy (non-hydrogen) atoms. The Kier molecular flexibility index (Phi) is 5.98. The quantitative estimate of drug-likeness (QED) is 0.506. The lowest BCUT2D eigenvalue weighted by atomic mass is 9.85. The number of fused-ring (bicyclic) bond motifs is 1. The predicted octanol–water partition coefficient (Wildman–Crippen LogP) is 0.817. The fourth-order valence-corrected chi connectivity index (χ4v) is 4.09. The van der Waals surface area contributed by atoms with Gasteiger partial charge in [0.05, 0.1) is 25.9 Å². The van der Waals surface area contributed by atoms with E-state index in [1.807, 2.05) is 0 Å². The number of rotatable bonds is 5. The van der Waals surface area contributed by atoms with Gasteiger partial charge in [0.2, 0.25) is 0 Å². The number of esters is 1. The molecule has 0 radical (unpaired) electrons. The summed E-state index contributed by atoms with van der Waals surface area (Å²) < 4.78 is 22.6. The normalized spacial score (nSPS) is 31.1. The van der Waals surface area contributed by atoms with E-state index in [1.54, 1.807) is 36.4 Å². The molecule has 2 aliphatic heterocycles. The number of carbonyl (C=O) groups is 1. The Balaban J connectivity index is 1.68. The van der Waals surface area contributed by atoms with Crippen LogP contribution in [0.15, 0.2) is 48.5 Å². The topological polar surface area (TPSA) is 135 Å². The minimum atomic E-state index is -1.69. The van der Waals surface area contributed by atoms with E-state index in [1.165, 1.54) is 19.2 Å². The van der Waals surface area contributed by atoms with Crippen molar-refractivity contribution in [3.8, 4) is 5.75 Å². The molecule has 2 fully saturated rings. The standard InChI is InChI=1S/C22H24O9/c1-28-20(26)14-4-2-3-5-15(14)21-29-11-22(27)18(12-6-8-13(24)9-7-12)30-17(16(25)10-23)19(22)31-21/h2-9,16-19,21,23-25,27H,10-11H2,1H3/t16?,17-,18?,19+,21?,22-/m1/s1. The zero-order chi connectivity index (χ0) is 22.2. The largest absolute Gasteiger partial charge is 0.508 e. The van der Waals surface area contributed by atoms with Crippen LogP contribution in [-0.4, -0.2) is 70.6 Å². The number of aliphatic hydroxyl groups is 3. The van der Waals surface area contributed by atoms with Crippen LogP contribution in [0, 0.1) is 0 Å². The number of ether oxygens (including phenoxy) is 4. The van der Waals surface area contributed by atoms with Gasteiger partial charge in [0, 0.05) is 5.56 Å². The Morgan fingerprint density at radius 3 is 2.58 bits per heavy atom. The molecule has 6 atom stereocenters. The molecule has 0 bridgehead atoms. The van der Waals surface area contributed by atoms with Crippen LogP contribution in [0.2, 0.25) is 0 Å². The third-order valence-corrected chi connectivity index (χ3v) is 5.66. The number of hydrogen-bond acceptors (Lipinski definition) is 9. The van der Waals surface area contributed by atoms with Gasteiger partial charge in [-0.1, -0.05) is 30.3 Å². The van der Waals surface area contributed by atoms with Crippen molar-refractivity contribution in [1.82, 2.24) is 0 Å². The lowest BCUT2D eigenvalue weighted by Crippen LogP contribution is -2.56. The summed E-state index contributed by atoms with van der Waals surface area (Å²) in [6, 6.07) is 12.7. The van der Waals surface area contributed by atoms with E-state index in [0.29, 0.717) is 11.1 Å². The van der Waals surface area contributed by atoms with Gasteiger partial charge in [-0.3, -0.25) is 0 Å². The molecular weight excluding hydrogens is 408 g/mol. The number of carbonyl (C=O) groups excluding carboxylic acids is 1. The lowest BCUT2D eigenvalue weighted by Gasteiger charge is -2.41. The number of phenols is 1. The fourth-order valence-electron chi connectivity index (χ4n) is 4.09. The summed E-state index contributed by atoms with van der Waals surface area (Å²) in [7, 11) is 1.27. The number of phenolic OH excluding ortho intramolecular Hbond substituents is 1. The second-order valence-corrected chi connectivity index (χ2v) is 7.59. The van der Waals surface area contributed by atoms with Crippen molar-refractivity contribution in [2.75, 3.05) is 20.3 Å². The van der Waals surface area contributed by atoms with E-state index in [2.05, 4.69) is 0 Å². The molecule has 0 spiro atoms. The molecule has 9 heteroatoms. The number of aromatic hydroxyl groups is 1. The highest BCUT2D eigenvalue weighted by Gasteiger charge is 2.62. The van der Waals surface area contributed by atoms with Crippen LogP contribution >= 0.6 is 0 Å². The van der Waals surface area contributed by atoms with Gasteiger partial charge in [-0.25, -0.2) is 4.79 Å². The number of benzene rings is 2. The minimum absolute atomic E-state index is 0.0489. The van der Waals surface area contributed by atoms with Gasteiger partial charge < -0.3 is 39.4 Å². The first-order valence-corrected chi connectivity index (χ1v) is 9.79. The van der Waals surface area contributed by atoms with Gasteiger partial charge in [-0.05, 0) is 23.8 Å². The van der Waals surface area contributed by atoms with Gasteiger partial charge in [-0.15, -0.1) is 0 Å². The summed E-state index contributed by atoms with van der Waals surface area (Å²) in [5, 5.41) is 40.9. The number of hydrogen-bond donors (Lipinski definition) is 4. The summed E-state index contributed by atoms with van der Waals surface area (Å²) in [6.07, 6.45) is -5.44. The molecule has 2 saturated heterocycles. The molecule has 2 aromatic rings. The Labute approximate surface area is 178 Å². The minimum Gasteiger partial charge on any atom is -0.508 e. The molecule has 0 amide bonds. The third kappa shape index (κ3) is 3.80. The summed E-state index contributed by atoms with van der Waals surface area (Å²) in [6.45, 7) is -0.828. The molecule has 4 N–H and O–H groups in total. The lowest BCUT2D eigenvalue weighted by molar-refractivity contribution is -0.292. The van der Waals surface area contributed by atoms with Crippen molar-refractivity contribution < 1.29 is 44.2 Å². The van der Waals surface area contributed by atoms with Crippen molar-refractivity contribution in [2.45, 2.75) is 36.3 Å². The van der Waals surface area contributed by atoms with Crippen molar-refractivity contribution >= 4 is 5.97 Å². The zero-order valence-corrected chi connectivity index (χ0v) is 16.7. The first-order valence-electron chi connectivity index (χ1n) is 9.79. The molecule has 4 rings (SSSR count). The highest BCUT2D eigenvalue weighted by atomic mass is 16.7. The van der Waals surface area contributed by atoms with Gasteiger partial charge in [0.25, 0.3) is 0 Å². The molecule has 0 saturated carbocycles. The first-order chi connectivity index (χ1) is 14.9. The highest BCUT2D eigenvalue weighted by molar-refractivity contribution is 5.91. The molecule has 9 nitrogen and oxygen atoms in total. The van der Waals surface area contributed by atoms with Gasteiger partial charge >= 0.3 is 5.97 Å². The van der Waals surface area contributed by atoms with Crippen LogP contribution in [-0.2, 0) is 18.9 Å². The molecular formula is C22H24O9.